The summed E-state index contributed by atoms with van der Waals surface area (Å²) in [6.07, 6.45) is 3.32. The first-order valence-corrected chi connectivity index (χ1v) is 7.42. The highest BCUT2D eigenvalue weighted by Gasteiger charge is 2.03. The number of hydrogen-bond donors (Lipinski definition) is 4. The van der Waals surface area contributed by atoms with Crippen LogP contribution in [0, 0.1) is 0 Å². The van der Waals surface area contributed by atoms with E-state index in [-0.39, 0.29) is 24.7 Å². The molecule has 1 aromatic carbocycles. The fourth-order valence-electron chi connectivity index (χ4n) is 1.88. The van der Waals surface area contributed by atoms with Gasteiger partial charge in [0.25, 0.3) is 5.56 Å². The first kappa shape index (κ1) is 17.1. The molecule has 9 heteroatoms. The lowest BCUT2D eigenvalue weighted by atomic mass is 10.1. The Labute approximate surface area is 137 Å². The number of anilines is 1. The Balaban J connectivity index is 1.63. The molecule has 1 heterocycles. The molecule has 4 N–H and O–H groups in total. The Hall–Kier alpha value is -3.23. The Morgan fingerprint density at radius 2 is 2.04 bits per heavy atom. The van der Waals surface area contributed by atoms with Crippen LogP contribution in [0.15, 0.2) is 45.0 Å². The summed E-state index contributed by atoms with van der Waals surface area (Å²) in [5, 5.41) is 12.1. The van der Waals surface area contributed by atoms with Crippen LogP contribution < -0.4 is 22.0 Å². The molecule has 0 unspecified atom stereocenters. The number of carbonyl (C=O) groups is 1. The van der Waals surface area contributed by atoms with E-state index in [0.717, 1.165) is 12.8 Å². The van der Waals surface area contributed by atoms with Gasteiger partial charge in [-0.05, 0) is 18.4 Å². The van der Waals surface area contributed by atoms with Crippen molar-refractivity contribution >= 4 is 17.9 Å². The molecule has 2 aromatic rings. The molecule has 126 valence electrons. The number of nitrogens with zero attached hydrogens (tertiary/aromatic N) is 2. The second kappa shape index (κ2) is 9.03. The number of H-pyrrole nitrogens is 2. The number of aromatic nitrogens is 3. The van der Waals surface area contributed by atoms with Crippen LogP contribution in [0.1, 0.15) is 18.4 Å². The van der Waals surface area contributed by atoms with Crippen molar-refractivity contribution in [2.45, 2.75) is 19.3 Å². The first-order chi connectivity index (χ1) is 11.6. The predicted octanol–water partition coefficient (Wildman–Crippen LogP) is -0.00500. The van der Waals surface area contributed by atoms with Crippen LogP contribution in [0.3, 0.4) is 0 Å². The van der Waals surface area contributed by atoms with Gasteiger partial charge in [0.15, 0.2) is 0 Å². The largest absolute Gasteiger partial charge is 0.364 e. The average Bonchev–Trinajstić information content (AvgIpc) is 2.57. The van der Waals surface area contributed by atoms with Crippen molar-refractivity contribution in [1.29, 1.82) is 0 Å². The summed E-state index contributed by atoms with van der Waals surface area (Å²) in [7, 11) is 0. The topological polar surface area (TPSA) is 132 Å². The minimum Gasteiger partial charge on any atom is -0.364 e. The van der Waals surface area contributed by atoms with Gasteiger partial charge in [-0.15, -0.1) is 5.10 Å². The number of amides is 1. The van der Waals surface area contributed by atoms with Crippen LogP contribution >= 0.6 is 0 Å². The number of nitrogens with one attached hydrogen (secondary N) is 4. The summed E-state index contributed by atoms with van der Waals surface area (Å²) in [6.45, 7) is 0.188. The lowest BCUT2D eigenvalue weighted by Gasteiger charge is -2.02. The van der Waals surface area contributed by atoms with Gasteiger partial charge in [0.05, 0.1) is 0 Å². The summed E-state index contributed by atoms with van der Waals surface area (Å²) >= 11 is 0. The van der Waals surface area contributed by atoms with Gasteiger partial charge in [-0.25, -0.2) is 15.3 Å². The van der Waals surface area contributed by atoms with Crippen LogP contribution in [0.5, 0.6) is 0 Å². The molecule has 0 aliphatic rings. The van der Waals surface area contributed by atoms with Crippen LogP contribution in [0.25, 0.3) is 0 Å². The van der Waals surface area contributed by atoms with Crippen molar-refractivity contribution in [1.82, 2.24) is 20.6 Å². The third-order valence-electron chi connectivity index (χ3n) is 3.04. The fraction of sp³-hybridized carbons (Fsp3) is 0.267. The molecular formula is C15H18N6O3. The predicted molar refractivity (Wildman–Crippen MR) is 90.0 cm³/mol. The van der Waals surface area contributed by atoms with Crippen LogP contribution in [0.4, 0.5) is 5.82 Å². The van der Waals surface area contributed by atoms with Crippen molar-refractivity contribution in [2.24, 2.45) is 5.10 Å². The Morgan fingerprint density at radius 3 is 2.79 bits per heavy atom. The lowest BCUT2D eigenvalue weighted by molar-refractivity contribution is -0.120. The van der Waals surface area contributed by atoms with Crippen LogP contribution in [-0.4, -0.2) is 33.8 Å². The molecule has 0 atom stereocenters. The summed E-state index contributed by atoms with van der Waals surface area (Å²) in [4.78, 5) is 35.8. The third kappa shape index (κ3) is 5.87. The highest BCUT2D eigenvalue weighted by molar-refractivity contribution is 5.77. The zero-order valence-corrected chi connectivity index (χ0v) is 12.9. The minimum atomic E-state index is -0.687. The molecule has 2 rings (SSSR count). The van der Waals surface area contributed by atoms with Crippen molar-refractivity contribution in [3.63, 3.8) is 0 Å². The Kier molecular flexibility index (Phi) is 6.45. The fourth-order valence-corrected chi connectivity index (χ4v) is 1.88. The summed E-state index contributed by atoms with van der Waals surface area (Å²) in [6, 6.07) is 9.98. The van der Waals surface area contributed by atoms with Crippen LogP contribution in [0.2, 0.25) is 0 Å². The first-order valence-electron chi connectivity index (χ1n) is 7.42. The number of rotatable bonds is 8. The number of benzene rings is 1. The second-order valence-corrected chi connectivity index (χ2v) is 4.90. The number of aryl methyl sites for hydroxylation is 1. The number of hydrogen-bond acceptors (Lipinski definition) is 6. The average molecular weight is 330 g/mol. The molecule has 24 heavy (non-hydrogen) atoms. The van der Waals surface area contributed by atoms with Crippen molar-refractivity contribution in [3.05, 3.63) is 56.7 Å². The number of carbonyl (C=O) groups excluding carboxylic acids is 1. The smallest absolute Gasteiger partial charge is 0.342 e. The molecule has 9 nitrogen and oxygen atoms in total. The third-order valence-corrected chi connectivity index (χ3v) is 3.04. The second-order valence-electron chi connectivity index (χ2n) is 4.90. The maximum Gasteiger partial charge on any atom is 0.342 e. The zero-order valence-electron chi connectivity index (χ0n) is 12.9. The maximum atomic E-state index is 11.6. The summed E-state index contributed by atoms with van der Waals surface area (Å²) < 4.78 is 0. The standard InChI is InChI=1S/C15H18N6O3/c22-12(8-10-16-13-14(23)18-15(24)21-20-13)19-17-9-4-7-11-5-2-1-3-6-11/h1-3,5-6,9H,4,7-8,10H2,(H,16,20)(H,19,22)(H2,18,21,23,24)/b17-9-. The van der Waals surface area contributed by atoms with Crippen molar-refractivity contribution < 1.29 is 4.79 Å². The van der Waals surface area contributed by atoms with E-state index in [0.29, 0.717) is 0 Å². The number of hydrazone groups is 1. The van der Waals surface area contributed by atoms with Gasteiger partial charge >= 0.3 is 5.69 Å². The SMILES string of the molecule is O=C(CCNc1n[nH]c(=O)[nH]c1=O)N/N=C\CCc1ccccc1. The van der Waals surface area contributed by atoms with E-state index in [1.54, 1.807) is 6.21 Å². The lowest BCUT2D eigenvalue weighted by Crippen LogP contribution is -2.28. The molecule has 0 aliphatic heterocycles. The molecule has 0 spiro atoms. The normalized spacial score (nSPS) is 10.7. The Morgan fingerprint density at radius 1 is 1.25 bits per heavy atom. The molecule has 0 radical (unpaired) electrons. The van der Waals surface area contributed by atoms with Gasteiger partial charge in [-0.1, -0.05) is 30.3 Å². The highest BCUT2D eigenvalue weighted by Crippen LogP contribution is 2.00. The molecule has 0 saturated heterocycles. The van der Waals surface area contributed by atoms with E-state index in [4.69, 9.17) is 0 Å². The number of aromatic amines is 2. The van der Waals surface area contributed by atoms with Crippen LogP contribution in [-0.2, 0) is 11.2 Å². The minimum absolute atomic E-state index is 0.0474. The maximum absolute atomic E-state index is 11.6. The van der Waals surface area contributed by atoms with E-state index in [9.17, 15) is 14.4 Å². The van der Waals surface area contributed by atoms with Gasteiger partial charge in [0.1, 0.15) is 0 Å². The van der Waals surface area contributed by atoms with Gasteiger partial charge in [0, 0.05) is 19.2 Å². The summed E-state index contributed by atoms with van der Waals surface area (Å²) in [5.41, 5.74) is 2.28. The zero-order chi connectivity index (χ0) is 17.2. The van der Waals surface area contributed by atoms with E-state index >= 15 is 0 Å². The quantitative estimate of drug-likeness (QED) is 0.399. The molecule has 0 saturated carbocycles. The highest BCUT2D eigenvalue weighted by atomic mass is 16.2. The molecule has 1 amide bonds. The molecule has 0 fully saturated rings. The van der Waals surface area contributed by atoms with E-state index in [1.165, 1.54) is 5.56 Å². The molecule has 0 bridgehead atoms. The van der Waals surface area contributed by atoms with Gasteiger partial charge in [-0.2, -0.15) is 5.10 Å². The van der Waals surface area contributed by atoms with E-state index in [1.807, 2.05) is 35.3 Å². The van der Waals surface area contributed by atoms with E-state index in [2.05, 4.69) is 26.0 Å². The molecular weight excluding hydrogens is 312 g/mol. The van der Waals surface area contributed by atoms with Gasteiger partial charge < -0.3 is 5.32 Å². The summed E-state index contributed by atoms with van der Waals surface area (Å²) in [5.74, 6) is -0.340. The Bertz CT molecular complexity index is 797. The molecule has 0 aliphatic carbocycles. The van der Waals surface area contributed by atoms with Crippen molar-refractivity contribution in [3.8, 4) is 0 Å². The monoisotopic (exact) mass is 330 g/mol. The van der Waals surface area contributed by atoms with E-state index < -0.39 is 11.2 Å². The van der Waals surface area contributed by atoms with Crippen molar-refractivity contribution in [2.75, 3.05) is 11.9 Å². The molecule has 1 aromatic heterocycles. The van der Waals surface area contributed by atoms with Gasteiger partial charge in [-0.3, -0.25) is 14.6 Å². The van der Waals surface area contributed by atoms with Gasteiger partial charge in [0.2, 0.25) is 11.7 Å².